The van der Waals surface area contributed by atoms with Crippen LogP contribution in [-0.4, -0.2) is 71.1 Å². The van der Waals surface area contributed by atoms with Crippen LogP contribution in [0.25, 0.3) is 0 Å². The topological polar surface area (TPSA) is 66.2 Å². The van der Waals surface area contributed by atoms with E-state index in [1.54, 1.807) is 6.07 Å². The summed E-state index contributed by atoms with van der Waals surface area (Å²) in [4.78, 5) is 32.3. The predicted molar refractivity (Wildman–Crippen MR) is 115 cm³/mol. The Morgan fingerprint density at radius 1 is 1.06 bits per heavy atom. The molecule has 164 valence electrons. The molecular weight excluding hydrogens is 394 g/mol. The van der Waals surface area contributed by atoms with E-state index in [2.05, 4.69) is 17.0 Å². The highest BCUT2D eigenvalue weighted by Crippen LogP contribution is 2.40. The van der Waals surface area contributed by atoms with E-state index in [4.69, 9.17) is 9.15 Å². The van der Waals surface area contributed by atoms with Crippen LogP contribution < -0.4 is 0 Å². The van der Waals surface area contributed by atoms with Crippen LogP contribution in [0.3, 0.4) is 0 Å². The van der Waals surface area contributed by atoms with Gasteiger partial charge in [-0.05, 0) is 37.3 Å². The molecule has 3 aliphatic heterocycles. The number of nitrogens with zero attached hydrogens (tertiary/aromatic N) is 3. The van der Waals surface area contributed by atoms with Crippen LogP contribution in [0, 0.1) is 0 Å². The summed E-state index contributed by atoms with van der Waals surface area (Å²) in [5.74, 6) is 0.00596. The molecule has 0 radical (unpaired) electrons. The first-order chi connectivity index (χ1) is 15.2. The number of urea groups is 1. The van der Waals surface area contributed by atoms with Crippen molar-refractivity contribution in [2.45, 2.75) is 43.8 Å². The van der Waals surface area contributed by atoms with Gasteiger partial charge in [0, 0.05) is 45.4 Å². The Morgan fingerprint density at radius 2 is 1.81 bits per heavy atom. The average molecular weight is 424 g/mol. The molecule has 3 amide bonds. The first-order valence-electron chi connectivity index (χ1n) is 11.2. The molecule has 3 saturated heterocycles. The van der Waals surface area contributed by atoms with Gasteiger partial charge in [0.2, 0.25) is 0 Å². The van der Waals surface area contributed by atoms with Crippen molar-refractivity contribution in [2.75, 3.05) is 32.8 Å². The Morgan fingerprint density at radius 3 is 2.48 bits per heavy atom. The fourth-order valence-electron chi connectivity index (χ4n) is 5.37. The van der Waals surface area contributed by atoms with Gasteiger partial charge in [0.1, 0.15) is 6.26 Å². The fraction of sp³-hybridized carbons (Fsp3) is 0.500. The van der Waals surface area contributed by atoms with E-state index in [1.807, 2.05) is 28.0 Å². The van der Waals surface area contributed by atoms with Gasteiger partial charge < -0.3 is 23.9 Å². The molecule has 0 aliphatic carbocycles. The number of ether oxygens (including phenoxy) is 1. The highest BCUT2D eigenvalue weighted by molar-refractivity contribution is 5.93. The Kier molecular flexibility index (Phi) is 5.44. The number of carbonyl (C=O) groups is 2. The summed E-state index contributed by atoms with van der Waals surface area (Å²) in [5, 5.41) is 0. The van der Waals surface area contributed by atoms with Crippen LogP contribution in [0.5, 0.6) is 0 Å². The van der Waals surface area contributed by atoms with Crippen molar-refractivity contribution >= 4 is 11.9 Å². The van der Waals surface area contributed by atoms with E-state index in [0.717, 1.165) is 37.8 Å². The van der Waals surface area contributed by atoms with E-state index in [-0.39, 0.29) is 23.5 Å². The van der Waals surface area contributed by atoms with Crippen LogP contribution in [0.2, 0.25) is 0 Å². The summed E-state index contributed by atoms with van der Waals surface area (Å²) < 4.78 is 10.7. The van der Waals surface area contributed by atoms with E-state index in [1.165, 1.54) is 12.5 Å². The lowest BCUT2D eigenvalue weighted by molar-refractivity contribution is -0.0153. The number of carbonyl (C=O) groups excluding carboxylic acids is 2. The van der Waals surface area contributed by atoms with Crippen LogP contribution in [0.1, 0.15) is 41.6 Å². The van der Waals surface area contributed by atoms with E-state index < -0.39 is 0 Å². The molecule has 0 bridgehead atoms. The van der Waals surface area contributed by atoms with Crippen molar-refractivity contribution in [3.63, 3.8) is 0 Å². The minimum absolute atomic E-state index is 0.00596. The number of hydrogen-bond donors (Lipinski definition) is 0. The Bertz CT molecular complexity index is 900. The number of piperidine rings is 1. The van der Waals surface area contributed by atoms with Crippen LogP contribution in [-0.2, 0) is 11.3 Å². The smallest absolute Gasteiger partial charge is 0.321 e. The molecule has 0 atom stereocenters. The molecule has 1 aromatic heterocycles. The first-order valence-corrected chi connectivity index (χ1v) is 11.2. The molecule has 2 aromatic rings. The largest absolute Gasteiger partial charge is 0.472 e. The normalized spacial score (nSPS) is 21.8. The van der Waals surface area contributed by atoms with Crippen LogP contribution >= 0.6 is 0 Å². The molecule has 0 N–H and O–H groups in total. The van der Waals surface area contributed by atoms with Crippen molar-refractivity contribution < 1.29 is 18.7 Å². The average Bonchev–Trinajstić information content (AvgIpc) is 3.42. The van der Waals surface area contributed by atoms with Gasteiger partial charge in [-0.15, -0.1) is 0 Å². The van der Waals surface area contributed by atoms with Gasteiger partial charge in [0.05, 0.1) is 17.4 Å². The maximum atomic E-state index is 13.6. The lowest BCUT2D eigenvalue weighted by Crippen LogP contribution is -2.57. The molecule has 7 nitrogen and oxygen atoms in total. The zero-order valence-electron chi connectivity index (χ0n) is 17.7. The maximum Gasteiger partial charge on any atom is 0.321 e. The second-order valence-corrected chi connectivity index (χ2v) is 8.87. The SMILES string of the molecule is O=C(c1ccoc1)N1CCC(N2C(=O)N(Cc3ccccc3)CC23CCOCC3)CC1. The number of rotatable bonds is 4. The van der Waals surface area contributed by atoms with E-state index in [9.17, 15) is 9.59 Å². The molecule has 3 fully saturated rings. The van der Waals surface area contributed by atoms with Crippen molar-refractivity contribution in [3.8, 4) is 0 Å². The molecule has 0 unspecified atom stereocenters. The Balaban J connectivity index is 1.31. The minimum atomic E-state index is -0.161. The van der Waals surface area contributed by atoms with Gasteiger partial charge >= 0.3 is 6.03 Å². The minimum Gasteiger partial charge on any atom is -0.472 e. The summed E-state index contributed by atoms with van der Waals surface area (Å²) >= 11 is 0. The van der Waals surface area contributed by atoms with Gasteiger partial charge in [0.25, 0.3) is 5.91 Å². The Labute approximate surface area is 182 Å². The second-order valence-electron chi connectivity index (χ2n) is 8.87. The van der Waals surface area contributed by atoms with Gasteiger partial charge in [0.15, 0.2) is 0 Å². The van der Waals surface area contributed by atoms with Crippen molar-refractivity contribution in [1.29, 1.82) is 0 Å². The molecule has 1 aromatic carbocycles. The summed E-state index contributed by atoms with van der Waals surface area (Å²) in [6, 6.07) is 12.2. The lowest BCUT2D eigenvalue weighted by atomic mass is 9.86. The number of furan rings is 1. The van der Waals surface area contributed by atoms with Gasteiger partial charge in [-0.25, -0.2) is 4.79 Å². The first kappa shape index (κ1) is 20.1. The van der Waals surface area contributed by atoms with E-state index in [0.29, 0.717) is 38.4 Å². The molecule has 31 heavy (non-hydrogen) atoms. The molecule has 1 spiro atoms. The fourth-order valence-corrected chi connectivity index (χ4v) is 5.37. The number of benzene rings is 1. The standard InChI is InChI=1S/C24H29N3O4/c28-22(20-8-13-31-17-20)25-11-6-21(7-12-25)27-23(29)26(16-19-4-2-1-3-5-19)18-24(27)9-14-30-15-10-24/h1-5,8,13,17,21H,6-7,9-12,14-16,18H2. The molecule has 7 heteroatoms. The number of hydrogen-bond acceptors (Lipinski definition) is 4. The summed E-state index contributed by atoms with van der Waals surface area (Å²) in [6.07, 6.45) is 6.38. The highest BCUT2D eigenvalue weighted by Gasteiger charge is 2.53. The van der Waals surface area contributed by atoms with E-state index >= 15 is 0 Å². The lowest BCUT2D eigenvalue weighted by Gasteiger charge is -2.46. The zero-order valence-corrected chi connectivity index (χ0v) is 17.7. The second kappa shape index (κ2) is 8.38. The third kappa shape index (κ3) is 3.82. The maximum absolute atomic E-state index is 13.6. The quantitative estimate of drug-likeness (QED) is 0.756. The van der Waals surface area contributed by atoms with Gasteiger partial charge in [-0.1, -0.05) is 30.3 Å². The van der Waals surface area contributed by atoms with Gasteiger partial charge in [-0.3, -0.25) is 4.79 Å². The zero-order chi connectivity index (χ0) is 21.3. The van der Waals surface area contributed by atoms with Crippen molar-refractivity contribution in [1.82, 2.24) is 14.7 Å². The molecule has 3 aliphatic rings. The summed E-state index contributed by atoms with van der Waals surface area (Å²) in [6.45, 7) is 4.09. The molecule has 0 saturated carbocycles. The number of likely N-dealkylation sites (tertiary alicyclic amines) is 1. The third-order valence-electron chi connectivity index (χ3n) is 7.00. The highest BCUT2D eigenvalue weighted by atomic mass is 16.5. The van der Waals surface area contributed by atoms with Crippen molar-refractivity contribution in [3.05, 3.63) is 60.1 Å². The molecular formula is C24H29N3O4. The van der Waals surface area contributed by atoms with Crippen LogP contribution in [0.15, 0.2) is 53.3 Å². The summed E-state index contributed by atoms with van der Waals surface area (Å²) in [7, 11) is 0. The molecule has 5 rings (SSSR count). The predicted octanol–water partition coefficient (Wildman–Crippen LogP) is 3.37. The monoisotopic (exact) mass is 423 g/mol. The number of amides is 3. The van der Waals surface area contributed by atoms with Gasteiger partial charge in [-0.2, -0.15) is 0 Å². The summed E-state index contributed by atoms with van der Waals surface area (Å²) in [5.41, 5.74) is 1.58. The molecule has 4 heterocycles. The Hall–Kier alpha value is -2.80. The van der Waals surface area contributed by atoms with Crippen LogP contribution in [0.4, 0.5) is 4.79 Å². The third-order valence-corrected chi connectivity index (χ3v) is 7.00. The van der Waals surface area contributed by atoms with Crippen molar-refractivity contribution in [2.24, 2.45) is 0 Å².